The first-order valence-corrected chi connectivity index (χ1v) is 16.3. The van der Waals surface area contributed by atoms with Gasteiger partial charge in [0.25, 0.3) is 0 Å². The van der Waals surface area contributed by atoms with Crippen LogP contribution in [0.2, 0.25) is 0 Å². The van der Waals surface area contributed by atoms with Gasteiger partial charge in [0, 0.05) is 12.2 Å². The number of nitrogens with one attached hydrogen (secondary N) is 2. The number of rotatable bonds is 13. The van der Waals surface area contributed by atoms with Crippen LogP contribution in [0.1, 0.15) is 49.7 Å². The minimum absolute atomic E-state index is 0.00449. The lowest BCUT2D eigenvalue weighted by molar-refractivity contribution is -0.185. The van der Waals surface area contributed by atoms with Gasteiger partial charge in [-0.2, -0.15) is 15.4 Å². The fraction of sp³-hybridized carbons (Fsp3) is 0.371. The third-order valence-corrected chi connectivity index (χ3v) is 8.90. The van der Waals surface area contributed by atoms with Crippen molar-refractivity contribution in [2.24, 2.45) is 11.8 Å². The Labute approximate surface area is 278 Å². The van der Waals surface area contributed by atoms with E-state index in [2.05, 4.69) is 20.7 Å². The molecule has 4 aromatic rings. The van der Waals surface area contributed by atoms with Gasteiger partial charge in [0.2, 0.25) is 18.2 Å². The maximum Gasteiger partial charge on any atom is 0.429 e. The van der Waals surface area contributed by atoms with Crippen LogP contribution in [0, 0.1) is 11.8 Å². The van der Waals surface area contributed by atoms with Crippen LogP contribution in [0.5, 0.6) is 0 Å². The molecule has 13 nitrogen and oxygen atoms in total. The minimum Gasteiger partial charge on any atom is -0.443 e. The lowest BCUT2D eigenvalue weighted by atomic mass is 9.92. The second-order valence-electron chi connectivity index (χ2n) is 12.2. The molecule has 2 N–H and O–H groups in total. The van der Waals surface area contributed by atoms with Gasteiger partial charge in [0.05, 0.1) is 12.5 Å². The second kappa shape index (κ2) is 15.5. The number of carbonyl (C=O) groups is 4. The van der Waals surface area contributed by atoms with Crippen molar-refractivity contribution >= 4 is 41.0 Å². The smallest absolute Gasteiger partial charge is 0.429 e. The Balaban J connectivity index is 1.24. The SMILES string of the molecule is O=CN(C[C@@H](CC1CCCC1)C(=O)N1[C@H](C(=O)Nc2ccc3n[nH]nc3c2)CCN1C(=O)OCc1ccccc1)OCc1ccccc1. The van der Waals surface area contributed by atoms with E-state index >= 15 is 0 Å². The van der Waals surface area contributed by atoms with Crippen molar-refractivity contribution < 1.29 is 28.8 Å². The molecule has 1 aromatic heterocycles. The minimum atomic E-state index is -1.00. The van der Waals surface area contributed by atoms with Gasteiger partial charge in [-0.3, -0.25) is 19.2 Å². The molecule has 1 saturated carbocycles. The molecule has 250 valence electrons. The van der Waals surface area contributed by atoms with Crippen LogP contribution in [0.4, 0.5) is 10.5 Å². The van der Waals surface area contributed by atoms with E-state index in [0.29, 0.717) is 29.6 Å². The van der Waals surface area contributed by atoms with Gasteiger partial charge in [-0.05, 0) is 48.1 Å². The Hall–Kier alpha value is -5.30. The molecule has 1 aliphatic heterocycles. The standard InChI is InChI=1S/C35H39N7O6/c43-24-40(48-23-27-13-5-2-6-14-27)21-28(19-25-9-7-8-10-25)34(45)42-32(33(44)36-29-15-16-30-31(20-29)38-39-37-30)17-18-41(42)35(46)47-22-26-11-3-1-4-12-26/h1-6,11-16,20,24-25,28,32H,7-10,17-19,21-23H2,(H,36,44)(H,37,38,39)/t28-,32+/m1/s1. The van der Waals surface area contributed by atoms with Crippen molar-refractivity contribution in [3.05, 3.63) is 90.0 Å². The van der Waals surface area contributed by atoms with Crippen LogP contribution in [-0.4, -0.2) is 73.9 Å². The number of hydroxylamine groups is 2. The fourth-order valence-electron chi connectivity index (χ4n) is 6.44. The quantitative estimate of drug-likeness (QED) is 0.154. The molecular weight excluding hydrogens is 614 g/mol. The third kappa shape index (κ3) is 7.97. The predicted molar refractivity (Wildman–Crippen MR) is 175 cm³/mol. The summed E-state index contributed by atoms with van der Waals surface area (Å²) in [6, 6.07) is 22.7. The number of nitrogens with zero attached hydrogens (tertiary/aromatic N) is 5. The molecule has 4 amide bonds. The summed E-state index contributed by atoms with van der Waals surface area (Å²) in [5, 5.41) is 17.2. The molecule has 1 aliphatic carbocycles. The average Bonchev–Trinajstić information content (AvgIpc) is 3.90. The van der Waals surface area contributed by atoms with E-state index in [4.69, 9.17) is 9.57 Å². The van der Waals surface area contributed by atoms with Crippen molar-refractivity contribution in [2.45, 2.75) is 57.8 Å². The number of carbonyl (C=O) groups excluding carboxylic acids is 4. The highest BCUT2D eigenvalue weighted by molar-refractivity contribution is 5.99. The van der Waals surface area contributed by atoms with Gasteiger partial charge in [-0.25, -0.2) is 19.9 Å². The van der Waals surface area contributed by atoms with Crippen molar-refractivity contribution in [3.63, 3.8) is 0 Å². The molecule has 2 fully saturated rings. The largest absolute Gasteiger partial charge is 0.443 e. The Morgan fingerprint density at radius 3 is 2.31 bits per heavy atom. The highest BCUT2D eigenvalue weighted by Crippen LogP contribution is 2.33. The maximum atomic E-state index is 14.6. The van der Waals surface area contributed by atoms with Crippen molar-refractivity contribution in [3.8, 4) is 0 Å². The maximum absolute atomic E-state index is 14.6. The van der Waals surface area contributed by atoms with Gasteiger partial charge in [0.15, 0.2) is 0 Å². The molecule has 0 unspecified atom stereocenters. The van der Waals surface area contributed by atoms with E-state index in [1.807, 2.05) is 60.7 Å². The molecule has 0 bridgehead atoms. The number of aromatic amines is 1. The first-order chi connectivity index (χ1) is 23.5. The highest BCUT2D eigenvalue weighted by Gasteiger charge is 2.46. The van der Waals surface area contributed by atoms with Crippen molar-refractivity contribution in [2.75, 3.05) is 18.4 Å². The van der Waals surface area contributed by atoms with Crippen LogP contribution in [0.3, 0.4) is 0 Å². The molecular formula is C35H39N7O6. The molecule has 1 saturated heterocycles. The summed E-state index contributed by atoms with van der Waals surface area (Å²) in [6.45, 7) is 0.209. The number of amides is 4. The van der Waals surface area contributed by atoms with Crippen LogP contribution >= 0.6 is 0 Å². The van der Waals surface area contributed by atoms with Crippen LogP contribution in [0.25, 0.3) is 11.0 Å². The number of hydrazine groups is 1. The predicted octanol–water partition coefficient (Wildman–Crippen LogP) is 4.84. The summed E-state index contributed by atoms with van der Waals surface area (Å²) in [6.07, 6.45) is 4.57. The molecule has 2 atom stereocenters. The monoisotopic (exact) mass is 653 g/mol. The van der Waals surface area contributed by atoms with Crippen LogP contribution in [0.15, 0.2) is 78.9 Å². The normalized spacial score (nSPS) is 17.0. The first-order valence-electron chi connectivity index (χ1n) is 16.3. The van der Waals surface area contributed by atoms with Gasteiger partial charge in [-0.1, -0.05) is 86.3 Å². The average molecular weight is 654 g/mol. The van der Waals surface area contributed by atoms with Gasteiger partial charge < -0.3 is 10.1 Å². The zero-order valence-electron chi connectivity index (χ0n) is 26.6. The van der Waals surface area contributed by atoms with Crippen LogP contribution < -0.4 is 5.32 Å². The molecule has 2 aliphatic rings. The Bertz CT molecular complexity index is 1700. The van der Waals surface area contributed by atoms with Crippen LogP contribution in [-0.2, 0) is 37.2 Å². The summed E-state index contributed by atoms with van der Waals surface area (Å²) in [4.78, 5) is 60.0. The van der Waals surface area contributed by atoms with E-state index in [-0.39, 0.29) is 38.6 Å². The van der Waals surface area contributed by atoms with Crippen molar-refractivity contribution in [1.82, 2.24) is 30.5 Å². The lowest BCUT2D eigenvalue weighted by Gasteiger charge is -2.35. The Morgan fingerprint density at radius 1 is 0.917 bits per heavy atom. The highest BCUT2D eigenvalue weighted by atomic mass is 16.7. The molecule has 13 heteroatoms. The topological polar surface area (TPSA) is 150 Å². The summed E-state index contributed by atoms with van der Waals surface area (Å²) < 4.78 is 5.63. The molecule has 2 heterocycles. The zero-order chi connectivity index (χ0) is 33.3. The van der Waals surface area contributed by atoms with E-state index < -0.39 is 29.9 Å². The molecule has 0 spiro atoms. The van der Waals surface area contributed by atoms with E-state index in [9.17, 15) is 19.2 Å². The summed E-state index contributed by atoms with van der Waals surface area (Å²) in [7, 11) is 0. The third-order valence-electron chi connectivity index (χ3n) is 8.90. The Kier molecular flexibility index (Phi) is 10.6. The van der Waals surface area contributed by atoms with Gasteiger partial charge >= 0.3 is 6.09 Å². The Morgan fingerprint density at radius 2 is 1.60 bits per heavy atom. The molecule has 0 radical (unpaired) electrons. The van der Waals surface area contributed by atoms with E-state index in [0.717, 1.165) is 41.9 Å². The van der Waals surface area contributed by atoms with Gasteiger partial charge in [0.1, 0.15) is 30.3 Å². The summed E-state index contributed by atoms with van der Waals surface area (Å²) in [5.41, 5.74) is 3.34. The number of hydrogen-bond acceptors (Lipinski definition) is 8. The zero-order valence-corrected chi connectivity index (χ0v) is 26.6. The first kappa shape index (κ1) is 32.6. The molecule has 48 heavy (non-hydrogen) atoms. The number of ether oxygens (including phenoxy) is 1. The second-order valence-corrected chi connectivity index (χ2v) is 12.2. The number of anilines is 1. The van der Waals surface area contributed by atoms with E-state index in [1.54, 1.807) is 18.2 Å². The number of aromatic nitrogens is 3. The number of benzene rings is 3. The molecule has 3 aromatic carbocycles. The number of H-pyrrole nitrogens is 1. The number of fused-ring (bicyclic) bond motifs is 1. The lowest BCUT2D eigenvalue weighted by Crippen LogP contribution is -2.55. The van der Waals surface area contributed by atoms with Crippen molar-refractivity contribution in [1.29, 1.82) is 0 Å². The molecule has 6 rings (SSSR count). The number of hydrogen-bond donors (Lipinski definition) is 2. The summed E-state index contributed by atoms with van der Waals surface area (Å²) >= 11 is 0. The van der Waals surface area contributed by atoms with E-state index in [1.165, 1.54) is 10.0 Å². The van der Waals surface area contributed by atoms with Gasteiger partial charge in [-0.15, -0.1) is 0 Å². The summed E-state index contributed by atoms with van der Waals surface area (Å²) in [5.74, 6) is -1.38. The fourth-order valence-corrected chi connectivity index (χ4v) is 6.44.